The highest BCUT2D eigenvalue weighted by molar-refractivity contribution is 5.65. The van der Waals surface area contributed by atoms with Crippen LogP contribution in [0.25, 0.3) is 0 Å². The van der Waals surface area contributed by atoms with Crippen molar-refractivity contribution < 1.29 is 9.53 Å². The molecule has 0 bridgehead atoms. The number of carbonyl (C=O) groups is 1. The van der Waals surface area contributed by atoms with E-state index >= 15 is 0 Å². The van der Waals surface area contributed by atoms with Gasteiger partial charge in [0.15, 0.2) is 6.29 Å². The molecule has 0 spiro atoms. The van der Waals surface area contributed by atoms with E-state index in [2.05, 4.69) is 13.8 Å². The molecule has 1 aliphatic carbocycles. The summed E-state index contributed by atoms with van der Waals surface area (Å²) in [6.45, 7) is 4.21. The molecule has 0 heterocycles. The van der Waals surface area contributed by atoms with Crippen LogP contribution in [0.3, 0.4) is 0 Å². The van der Waals surface area contributed by atoms with Gasteiger partial charge in [-0.2, -0.15) is 0 Å². The first kappa shape index (κ1) is 7.73. The van der Waals surface area contributed by atoms with Crippen molar-refractivity contribution in [3.63, 3.8) is 0 Å². The summed E-state index contributed by atoms with van der Waals surface area (Å²) >= 11 is 0. The van der Waals surface area contributed by atoms with Crippen LogP contribution >= 0.6 is 0 Å². The quantitative estimate of drug-likeness (QED) is 0.542. The van der Waals surface area contributed by atoms with Gasteiger partial charge in [-0.3, -0.25) is 0 Å². The fourth-order valence-electron chi connectivity index (χ4n) is 1.66. The lowest BCUT2D eigenvalue weighted by Gasteiger charge is -2.47. The predicted molar refractivity (Wildman–Crippen MR) is 38.7 cm³/mol. The maximum Gasteiger partial charge on any atom is 0.152 e. The van der Waals surface area contributed by atoms with Crippen molar-refractivity contribution >= 4 is 6.29 Å². The zero-order chi connectivity index (χ0) is 7.78. The minimum atomic E-state index is -0.445. The molecule has 0 aromatic rings. The van der Waals surface area contributed by atoms with E-state index in [9.17, 15) is 4.79 Å². The Morgan fingerprint density at radius 1 is 1.60 bits per heavy atom. The Bertz CT molecular complexity index is 144. The molecule has 0 amide bonds. The van der Waals surface area contributed by atoms with Gasteiger partial charge in [-0.1, -0.05) is 13.8 Å². The van der Waals surface area contributed by atoms with Gasteiger partial charge in [0.25, 0.3) is 0 Å². The first-order valence-electron chi connectivity index (χ1n) is 3.68. The van der Waals surface area contributed by atoms with Crippen molar-refractivity contribution in [2.24, 2.45) is 11.8 Å². The van der Waals surface area contributed by atoms with E-state index in [1.165, 1.54) is 0 Å². The first-order chi connectivity index (χ1) is 4.66. The van der Waals surface area contributed by atoms with Crippen LogP contribution in [0.5, 0.6) is 0 Å². The second kappa shape index (κ2) is 2.35. The molecule has 1 aliphatic rings. The van der Waals surface area contributed by atoms with Crippen LogP contribution in [0.1, 0.15) is 20.3 Å². The van der Waals surface area contributed by atoms with E-state index in [4.69, 9.17) is 4.74 Å². The zero-order valence-corrected chi connectivity index (χ0v) is 6.76. The van der Waals surface area contributed by atoms with Crippen LogP contribution in [0, 0.1) is 11.8 Å². The summed E-state index contributed by atoms with van der Waals surface area (Å²) in [5.41, 5.74) is -0.445. The summed E-state index contributed by atoms with van der Waals surface area (Å²) in [7, 11) is 1.61. The Hall–Kier alpha value is -0.370. The maximum atomic E-state index is 10.6. The highest BCUT2D eigenvalue weighted by atomic mass is 16.5. The second-order valence-electron chi connectivity index (χ2n) is 3.25. The number of hydrogen-bond donors (Lipinski definition) is 0. The van der Waals surface area contributed by atoms with Crippen LogP contribution < -0.4 is 0 Å². The second-order valence-corrected chi connectivity index (χ2v) is 3.25. The molecule has 0 saturated heterocycles. The lowest BCUT2D eigenvalue weighted by Crippen LogP contribution is -2.54. The summed E-state index contributed by atoms with van der Waals surface area (Å²) in [6, 6.07) is 0. The van der Waals surface area contributed by atoms with Crippen LogP contribution in [0.4, 0.5) is 0 Å². The molecule has 1 fully saturated rings. The van der Waals surface area contributed by atoms with Crippen molar-refractivity contribution in [3.8, 4) is 0 Å². The molecule has 10 heavy (non-hydrogen) atoms. The van der Waals surface area contributed by atoms with Crippen LogP contribution in [0.2, 0.25) is 0 Å². The van der Waals surface area contributed by atoms with Crippen molar-refractivity contribution in [3.05, 3.63) is 0 Å². The van der Waals surface area contributed by atoms with Crippen molar-refractivity contribution in [2.45, 2.75) is 25.9 Å². The molecule has 3 unspecified atom stereocenters. The molecule has 0 aromatic carbocycles. The summed E-state index contributed by atoms with van der Waals surface area (Å²) in [4.78, 5) is 10.6. The van der Waals surface area contributed by atoms with Gasteiger partial charge in [0.1, 0.15) is 5.60 Å². The van der Waals surface area contributed by atoms with Gasteiger partial charge in [-0.15, -0.1) is 0 Å². The number of rotatable bonds is 2. The normalized spacial score (nSPS) is 46.3. The standard InChI is InChI=1S/C8H14O2/c1-6-4-8(5-9,10-3)7(6)2/h5-7H,4H2,1-3H3. The van der Waals surface area contributed by atoms with Crippen LogP contribution in [-0.2, 0) is 9.53 Å². The molecule has 1 rings (SSSR count). The fraction of sp³-hybridized carbons (Fsp3) is 0.875. The smallest absolute Gasteiger partial charge is 0.152 e. The summed E-state index contributed by atoms with van der Waals surface area (Å²) in [6.07, 6.45) is 1.83. The molecule has 0 radical (unpaired) electrons. The Kier molecular flexibility index (Phi) is 1.82. The Morgan fingerprint density at radius 3 is 2.30 bits per heavy atom. The highest BCUT2D eigenvalue weighted by Gasteiger charge is 2.49. The molecule has 0 aromatic heterocycles. The maximum absolute atomic E-state index is 10.6. The van der Waals surface area contributed by atoms with Gasteiger partial charge < -0.3 is 9.53 Å². The number of methoxy groups -OCH3 is 1. The topological polar surface area (TPSA) is 26.3 Å². The van der Waals surface area contributed by atoms with E-state index in [0.29, 0.717) is 11.8 Å². The average Bonchev–Trinajstić information content (AvgIpc) is 1.99. The Morgan fingerprint density at radius 2 is 2.20 bits per heavy atom. The van der Waals surface area contributed by atoms with E-state index in [-0.39, 0.29) is 0 Å². The summed E-state index contributed by atoms with van der Waals surface area (Å²) in [5, 5.41) is 0. The zero-order valence-electron chi connectivity index (χ0n) is 6.76. The van der Waals surface area contributed by atoms with E-state index in [1.54, 1.807) is 7.11 Å². The molecule has 2 heteroatoms. The molecule has 0 N–H and O–H groups in total. The third kappa shape index (κ3) is 0.788. The van der Waals surface area contributed by atoms with Gasteiger partial charge >= 0.3 is 0 Å². The lowest BCUT2D eigenvalue weighted by molar-refractivity contribution is -0.163. The average molecular weight is 142 g/mol. The summed E-state index contributed by atoms with van der Waals surface area (Å²) < 4.78 is 5.14. The predicted octanol–water partition coefficient (Wildman–Crippen LogP) is 1.25. The lowest BCUT2D eigenvalue weighted by atomic mass is 9.63. The number of ether oxygens (including phenoxy) is 1. The molecular formula is C8H14O2. The molecule has 2 nitrogen and oxygen atoms in total. The van der Waals surface area contributed by atoms with Crippen molar-refractivity contribution in [1.29, 1.82) is 0 Å². The minimum absolute atomic E-state index is 0.384. The number of aldehydes is 1. The van der Waals surface area contributed by atoms with Crippen molar-refractivity contribution in [2.75, 3.05) is 7.11 Å². The highest BCUT2D eigenvalue weighted by Crippen LogP contribution is 2.44. The van der Waals surface area contributed by atoms with Gasteiger partial charge in [0.05, 0.1) is 0 Å². The monoisotopic (exact) mass is 142 g/mol. The van der Waals surface area contributed by atoms with Gasteiger partial charge in [-0.25, -0.2) is 0 Å². The van der Waals surface area contributed by atoms with Crippen LogP contribution in [-0.4, -0.2) is 19.0 Å². The molecule has 0 aliphatic heterocycles. The summed E-state index contributed by atoms with van der Waals surface area (Å²) in [5.74, 6) is 1.01. The Balaban J connectivity index is 2.62. The van der Waals surface area contributed by atoms with Crippen LogP contribution in [0.15, 0.2) is 0 Å². The SMILES string of the molecule is COC1(C=O)CC(C)C1C. The Labute approximate surface area is 61.6 Å². The van der Waals surface area contributed by atoms with E-state index < -0.39 is 5.60 Å². The van der Waals surface area contributed by atoms with Crippen molar-refractivity contribution in [1.82, 2.24) is 0 Å². The van der Waals surface area contributed by atoms with Gasteiger partial charge in [-0.05, 0) is 18.3 Å². The third-order valence-corrected chi connectivity index (χ3v) is 2.84. The van der Waals surface area contributed by atoms with Gasteiger partial charge in [0.2, 0.25) is 0 Å². The molecular weight excluding hydrogens is 128 g/mol. The first-order valence-corrected chi connectivity index (χ1v) is 3.68. The third-order valence-electron chi connectivity index (χ3n) is 2.84. The number of hydrogen-bond acceptors (Lipinski definition) is 2. The minimum Gasteiger partial charge on any atom is -0.370 e. The number of carbonyl (C=O) groups excluding carboxylic acids is 1. The van der Waals surface area contributed by atoms with E-state index in [0.717, 1.165) is 12.7 Å². The fourth-order valence-corrected chi connectivity index (χ4v) is 1.66. The molecule has 3 atom stereocenters. The molecule has 1 saturated carbocycles. The van der Waals surface area contributed by atoms with Gasteiger partial charge in [0, 0.05) is 7.11 Å². The largest absolute Gasteiger partial charge is 0.370 e. The molecule has 58 valence electrons. The van der Waals surface area contributed by atoms with E-state index in [1.807, 2.05) is 0 Å².